The average molecular weight is 310 g/mol. The topological polar surface area (TPSA) is 52.7 Å². The number of rotatable bonds is 4. The van der Waals surface area contributed by atoms with Crippen LogP contribution < -0.4 is 5.32 Å². The van der Waals surface area contributed by atoms with E-state index in [9.17, 15) is 9.59 Å². The van der Waals surface area contributed by atoms with E-state index in [1.807, 2.05) is 26.0 Å². The van der Waals surface area contributed by atoms with Gasteiger partial charge < -0.3 is 15.1 Å². The Morgan fingerprint density at radius 1 is 1.29 bits per heavy atom. The summed E-state index contributed by atoms with van der Waals surface area (Å²) >= 11 is 6.21. The highest BCUT2D eigenvalue weighted by atomic mass is 35.5. The van der Waals surface area contributed by atoms with Gasteiger partial charge in [0.05, 0.1) is 17.3 Å². The van der Waals surface area contributed by atoms with Crippen molar-refractivity contribution in [1.29, 1.82) is 0 Å². The third kappa shape index (κ3) is 3.88. The van der Waals surface area contributed by atoms with Crippen LogP contribution in [-0.4, -0.2) is 54.8 Å². The van der Waals surface area contributed by atoms with Crippen molar-refractivity contribution in [1.82, 2.24) is 9.80 Å². The van der Waals surface area contributed by atoms with Crippen LogP contribution in [0.2, 0.25) is 5.02 Å². The molecule has 0 radical (unpaired) electrons. The SMILES string of the molecule is Cc1cc(C)c(NCC(=O)N2CCN(C=O)CC2)c(Cl)c1. The lowest BCUT2D eigenvalue weighted by Gasteiger charge is -2.32. The molecule has 0 atom stereocenters. The zero-order chi connectivity index (χ0) is 15.4. The van der Waals surface area contributed by atoms with Crippen LogP contribution in [0, 0.1) is 13.8 Å². The molecule has 0 aromatic heterocycles. The molecule has 0 aliphatic carbocycles. The molecule has 0 bridgehead atoms. The van der Waals surface area contributed by atoms with Crippen molar-refractivity contribution in [3.8, 4) is 0 Å². The van der Waals surface area contributed by atoms with Crippen LogP contribution in [0.3, 0.4) is 0 Å². The lowest BCUT2D eigenvalue weighted by atomic mass is 10.1. The summed E-state index contributed by atoms with van der Waals surface area (Å²) < 4.78 is 0. The molecule has 1 heterocycles. The zero-order valence-electron chi connectivity index (χ0n) is 12.4. The van der Waals surface area contributed by atoms with E-state index in [1.54, 1.807) is 9.80 Å². The Balaban J connectivity index is 1.91. The number of benzene rings is 1. The Hall–Kier alpha value is -1.75. The Morgan fingerprint density at radius 2 is 1.95 bits per heavy atom. The molecule has 0 saturated carbocycles. The summed E-state index contributed by atoms with van der Waals surface area (Å²) in [5, 5.41) is 3.76. The van der Waals surface area contributed by atoms with Gasteiger partial charge in [-0.2, -0.15) is 0 Å². The molecule has 1 aliphatic rings. The molecule has 1 aliphatic heterocycles. The fraction of sp³-hybridized carbons (Fsp3) is 0.467. The molecule has 2 rings (SSSR count). The summed E-state index contributed by atoms with van der Waals surface area (Å²) in [7, 11) is 0. The van der Waals surface area contributed by atoms with Crippen LogP contribution in [0.4, 0.5) is 5.69 Å². The van der Waals surface area contributed by atoms with Gasteiger partial charge in [0.2, 0.25) is 12.3 Å². The van der Waals surface area contributed by atoms with Crippen molar-refractivity contribution >= 4 is 29.6 Å². The van der Waals surface area contributed by atoms with Crippen molar-refractivity contribution in [3.63, 3.8) is 0 Å². The highest BCUT2D eigenvalue weighted by molar-refractivity contribution is 6.33. The molecule has 1 saturated heterocycles. The number of nitrogens with one attached hydrogen (secondary N) is 1. The molecule has 1 fully saturated rings. The molecule has 0 spiro atoms. The molecule has 114 valence electrons. The largest absolute Gasteiger partial charge is 0.375 e. The normalized spacial score (nSPS) is 15.0. The highest BCUT2D eigenvalue weighted by Gasteiger charge is 2.20. The van der Waals surface area contributed by atoms with Crippen LogP contribution in [0.15, 0.2) is 12.1 Å². The maximum atomic E-state index is 12.2. The molecule has 0 unspecified atom stereocenters. The lowest BCUT2D eigenvalue weighted by molar-refractivity contribution is -0.133. The Morgan fingerprint density at radius 3 is 2.52 bits per heavy atom. The maximum Gasteiger partial charge on any atom is 0.241 e. The summed E-state index contributed by atoms with van der Waals surface area (Å²) in [5.74, 6) is 0.0246. The second-order valence-corrected chi connectivity index (χ2v) is 5.72. The second-order valence-electron chi connectivity index (χ2n) is 5.31. The first-order valence-electron chi connectivity index (χ1n) is 6.99. The minimum Gasteiger partial charge on any atom is -0.375 e. The van der Waals surface area contributed by atoms with Gasteiger partial charge in [0.25, 0.3) is 0 Å². The standard InChI is InChI=1S/C15H20ClN3O2/c1-11-7-12(2)15(13(16)8-11)17-9-14(21)19-5-3-18(10-20)4-6-19/h7-8,10,17H,3-6,9H2,1-2H3. The number of aryl methyl sites for hydroxylation is 2. The first kappa shape index (κ1) is 15.6. The van der Waals surface area contributed by atoms with Crippen LogP contribution in [0.1, 0.15) is 11.1 Å². The summed E-state index contributed by atoms with van der Waals surface area (Å²) in [6, 6.07) is 3.91. The van der Waals surface area contributed by atoms with Gasteiger partial charge in [0.1, 0.15) is 0 Å². The monoisotopic (exact) mass is 309 g/mol. The Kier molecular flexibility index (Phi) is 5.07. The number of hydrogen-bond acceptors (Lipinski definition) is 3. The van der Waals surface area contributed by atoms with E-state index in [4.69, 9.17) is 11.6 Å². The van der Waals surface area contributed by atoms with Gasteiger partial charge in [-0.1, -0.05) is 17.7 Å². The molecule has 5 nitrogen and oxygen atoms in total. The molecule has 1 aromatic rings. The third-order valence-electron chi connectivity index (χ3n) is 3.66. The number of nitrogens with zero attached hydrogens (tertiary/aromatic N) is 2. The second kappa shape index (κ2) is 6.80. The van der Waals surface area contributed by atoms with E-state index < -0.39 is 0 Å². The molecular formula is C15H20ClN3O2. The van der Waals surface area contributed by atoms with E-state index in [1.165, 1.54) is 0 Å². The first-order valence-corrected chi connectivity index (χ1v) is 7.37. The van der Waals surface area contributed by atoms with E-state index in [0.717, 1.165) is 23.2 Å². The first-order chi connectivity index (χ1) is 10.0. The third-order valence-corrected chi connectivity index (χ3v) is 3.96. The lowest BCUT2D eigenvalue weighted by Crippen LogP contribution is -2.49. The molecule has 6 heteroatoms. The molecular weight excluding hydrogens is 290 g/mol. The van der Waals surface area contributed by atoms with Crippen LogP contribution in [0.5, 0.6) is 0 Å². The molecule has 1 N–H and O–H groups in total. The fourth-order valence-electron chi connectivity index (χ4n) is 2.49. The number of hydrogen-bond donors (Lipinski definition) is 1. The fourth-order valence-corrected chi connectivity index (χ4v) is 2.88. The van der Waals surface area contributed by atoms with Crippen molar-refractivity contribution in [3.05, 3.63) is 28.3 Å². The van der Waals surface area contributed by atoms with E-state index in [-0.39, 0.29) is 12.5 Å². The van der Waals surface area contributed by atoms with Gasteiger partial charge in [-0.05, 0) is 31.0 Å². The van der Waals surface area contributed by atoms with Gasteiger partial charge >= 0.3 is 0 Å². The highest BCUT2D eigenvalue weighted by Crippen LogP contribution is 2.27. The summed E-state index contributed by atoms with van der Waals surface area (Å²) in [4.78, 5) is 26.3. The van der Waals surface area contributed by atoms with E-state index >= 15 is 0 Å². The number of piperazine rings is 1. The summed E-state index contributed by atoms with van der Waals surface area (Å²) in [5.41, 5.74) is 2.93. The van der Waals surface area contributed by atoms with Crippen LogP contribution in [0.25, 0.3) is 0 Å². The molecule has 1 aromatic carbocycles. The molecule has 2 amide bonds. The van der Waals surface area contributed by atoms with Gasteiger partial charge in [-0.25, -0.2) is 0 Å². The maximum absolute atomic E-state index is 12.2. The van der Waals surface area contributed by atoms with Crippen LogP contribution >= 0.6 is 11.6 Å². The predicted molar refractivity (Wildman–Crippen MR) is 83.6 cm³/mol. The van der Waals surface area contributed by atoms with Gasteiger partial charge in [0.15, 0.2) is 0 Å². The number of halogens is 1. The molecule has 21 heavy (non-hydrogen) atoms. The number of carbonyl (C=O) groups excluding carboxylic acids is 2. The minimum atomic E-state index is 0.0246. The van der Waals surface area contributed by atoms with Crippen molar-refractivity contribution < 1.29 is 9.59 Å². The number of amides is 2. The van der Waals surface area contributed by atoms with E-state index in [0.29, 0.717) is 31.2 Å². The van der Waals surface area contributed by atoms with Gasteiger partial charge in [-0.15, -0.1) is 0 Å². The summed E-state index contributed by atoms with van der Waals surface area (Å²) in [6.45, 7) is 6.53. The zero-order valence-corrected chi connectivity index (χ0v) is 13.1. The Bertz CT molecular complexity index is 517. The van der Waals surface area contributed by atoms with Crippen molar-refractivity contribution in [2.24, 2.45) is 0 Å². The van der Waals surface area contributed by atoms with Gasteiger partial charge in [0, 0.05) is 26.2 Å². The van der Waals surface area contributed by atoms with Crippen molar-refractivity contribution in [2.45, 2.75) is 13.8 Å². The van der Waals surface area contributed by atoms with Crippen molar-refractivity contribution in [2.75, 3.05) is 38.0 Å². The minimum absolute atomic E-state index is 0.0246. The Labute approximate surface area is 129 Å². The average Bonchev–Trinajstić information content (AvgIpc) is 2.46. The predicted octanol–water partition coefficient (Wildman–Crippen LogP) is 1.67. The number of carbonyl (C=O) groups is 2. The smallest absolute Gasteiger partial charge is 0.241 e. The van der Waals surface area contributed by atoms with Crippen LogP contribution in [-0.2, 0) is 9.59 Å². The quantitative estimate of drug-likeness (QED) is 0.861. The summed E-state index contributed by atoms with van der Waals surface area (Å²) in [6.07, 6.45) is 0.829. The van der Waals surface area contributed by atoms with Gasteiger partial charge in [-0.3, -0.25) is 9.59 Å². The van der Waals surface area contributed by atoms with E-state index in [2.05, 4.69) is 5.32 Å². The number of anilines is 1.